The minimum atomic E-state index is -0.115. The smallest absolute Gasteiger partial charge is 0.256 e. The second-order valence-corrected chi connectivity index (χ2v) is 5.91. The molecule has 128 valence electrons. The van der Waals surface area contributed by atoms with Crippen LogP contribution >= 0.6 is 0 Å². The monoisotopic (exact) mass is 338 g/mol. The van der Waals surface area contributed by atoms with Crippen molar-refractivity contribution in [2.24, 2.45) is 7.05 Å². The van der Waals surface area contributed by atoms with Gasteiger partial charge in [-0.25, -0.2) is 4.68 Å². The van der Waals surface area contributed by atoms with Gasteiger partial charge in [0.2, 0.25) is 0 Å². The molecule has 0 spiro atoms. The number of carbonyl (C=O) groups excluding carboxylic acids is 1. The molecule has 1 aliphatic rings. The van der Waals surface area contributed by atoms with Crippen LogP contribution in [0.1, 0.15) is 22.1 Å². The van der Waals surface area contributed by atoms with Crippen molar-refractivity contribution in [3.63, 3.8) is 0 Å². The summed E-state index contributed by atoms with van der Waals surface area (Å²) >= 11 is 0. The first-order valence-electron chi connectivity index (χ1n) is 8.06. The highest BCUT2D eigenvalue weighted by molar-refractivity contribution is 5.94. The number of aromatic nitrogens is 5. The molecule has 3 aromatic heterocycles. The Kier molecular flexibility index (Phi) is 4.02. The molecule has 0 N–H and O–H groups in total. The number of aryl methyl sites for hydroxylation is 1. The Hall–Kier alpha value is -3.00. The molecule has 1 aliphatic heterocycles. The van der Waals surface area contributed by atoms with E-state index in [1.165, 1.54) is 0 Å². The predicted molar refractivity (Wildman–Crippen MR) is 89.2 cm³/mol. The summed E-state index contributed by atoms with van der Waals surface area (Å²) in [6, 6.07) is 5.65. The molecule has 4 heterocycles. The molecule has 3 aromatic rings. The number of hydrogen-bond acceptors (Lipinski definition) is 5. The third kappa shape index (κ3) is 2.91. The van der Waals surface area contributed by atoms with Gasteiger partial charge in [0, 0.05) is 31.7 Å². The maximum atomic E-state index is 13.1. The van der Waals surface area contributed by atoms with E-state index < -0.39 is 0 Å². The summed E-state index contributed by atoms with van der Waals surface area (Å²) < 4.78 is 9.21. The predicted octanol–water partition coefficient (Wildman–Crippen LogP) is 1.21. The van der Waals surface area contributed by atoms with Crippen LogP contribution in [0.2, 0.25) is 0 Å². The zero-order chi connectivity index (χ0) is 17.2. The van der Waals surface area contributed by atoms with Crippen LogP contribution in [0.25, 0.3) is 5.69 Å². The van der Waals surface area contributed by atoms with Crippen molar-refractivity contribution >= 4 is 5.91 Å². The van der Waals surface area contributed by atoms with Crippen molar-refractivity contribution in [3.8, 4) is 5.69 Å². The van der Waals surface area contributed by atoms with Crippen LogP contribution in [0.15, 0.2) is 49.2 Å². The van der Waals surface area contributed by atoms with Crippen LogP contribution in [-0.4, -0.2) is 55.1 Å². The van der Waals surface area contributed by atoms with E-state index in [0.29, 0.717) is 31.0 Å². The SMILES string of the molecule is Cn1cccc1C1COCCN1C(=O)c1cncc(-n2ccnn2)c1. The van der Waals surface area contributed by atoms with Crippen LogP contribution in [-0.2, 0) is 11.8 Å². The molecule has 1 unspecified atom stereocenters. The van der Waals surface area contributed by atoms with Crippen molar-refractivity contribution in [1.82, 2.24) is 29.4 Å². The molecule has 4 rings (SSSR count). The fourth-order valence-corrected chi connectivity index (χ4v) is 3.09. The van der Waals surface area contributed by atoms with E-state index in [1.54, 1.807) is 35.5 Å². The quantitative estimate of drug-likeness (QED) is 0.717. The van der Waals surface area contributed by atoms with Gasteiger partial charge in [0.05, 0.1) is 49.1 Å². The second kappa shape index (κ2) is 6.48. The van der Waals surface area contributed by atoms with E-state index in [1.807, 2.05) is 34.8 Å². The maximum absolute atomic E-state index is 13.1. The van der Waals surface area contributed by atoms with Crippen LogP contribution in [0, 0.1) is 0 Å². The zero-order valence-corrected chi connectivity index (χ0v) is 13.8. The van der Waals surface area contributed by atoms with E-state index in [-0.39, 0.29) is 11.9 Å². The van der Waals surface area contributed by atoms with Gasteiger partial charge in [-0.05, 0) is 18.2 Å². The molecule has 1 fully saturated rings. The normalized spacial score (nSPS) is 17.6. The first-order chi connectivity index (χ1) is 12.2. The van der Waals surface area contributed by atoms with E-state index in [9.17, 15) is 4.79 Å². The van der Waals surface area contributed by atoms with E-state index >= 15 is 0 Å². The molecule has 25 heavy (non-hydrogen) atoms. The molecule has 0 aromatic carbocycles. The van der Waals surface area contributed by atoms with Gasteiger partial charge in [0.1, 0.15) is 0 Å². The largest absolute Gasteiger partial charge is 0.377 e. The molecule has 0 aliphatic carbocycles. The lowest BCUT2D eigenvalue weighted by Gasteiger charge is -2.36. The number of pyridine rings is 1. The third-order valence-electron chi connectivity index (χ3n) is 4.37. The van der Waals surface area contributed by atoms with Crippen molar-refractivity contribution in [1.29, 1.82) is 0 Å². The topological polar surface area (TPSA) is 78.1 Å². The molecule has 8 heteroatoms. The molecular formula is C17H18N6O2. The molecule has 1 amide bonds. The van der Waals surface area contributed by atoms with Gasteiger partial charge < -0.3 is 14.2 Å². The van der Waals surface area contributed by atoms with E-state index in [4.69, 9.17) is 4.74 Å². The second-order valence-electron chi connectivity index (χ2n) is 5.91. The lowest BCUT2D eigenvalue weighted by molar-refractivity contribution is -0.00465. The van der Waals surface area contributed by atoms with Crippen molar-refractivity contribution < 1.29 is 9.53 Å². The van der Waals surface area contributed by atoms with Gasteiger partial charge >= 0.3 is 0 Å². The summed E-state index contributed by atoms with van der Waals surface area (Å²) in [4.78, 5) is 19.2. The molecule has 1 atom stereocenters. The average molecular weight is 338 g/mol. The van der Waals surface area contributed by atoms with E-state index in [2.05, 4.69) is 15.3 Å². The van der Waals surface area contributed by atoms with Crippen molar-refractivity contribution in [2.45, 2.75) is 6.04 Å². The minimum Gasteiger partial charge on any atom is -0.377 e. The zero-order valence-electron chi connectivity index (χ0n) is 13.8. The van der Waals surface area contributed by atoms with Gasteiger partial charge in [0.15, 0.2) is 0 Å². The number of nitrogens with zero attached hydrogens (tertiary/aromatic N) is 6. The summed E-state index contributed by atoms with van der Waals surface area (Å²) in [6.07, 6.45) is 8.51. The number of amides is 1. The Balaban J connectivity index is 1.65. The number of morpholine rings is 1. The maximum Gasteiger partial charge on any atom is 0.256 e. The van der Waals surface area contributed by atoms with Gasteiger partial charge in [-0.1, -0.05) is 5.21 Å². The Bertz CT molecular complexity index is 873. The molecule has 8 nitrogen and oxygen atoms in total. The van der Waals surface area contributed by atoms with Gasteiger partial charge in [-0.3, -0.25) is 9.78 Å². The summed E-state index contributed by atoms with van der Waals surface area (Å²) in [5.74, 6) is -0.0658. The Morgan fingerprint density at radius 2 is 2.24 bits per heavy atom. The van der Waals surface area contributed by atoms with E-state index in [0.717, 1.165) is 5.69 Å². The first kappa shape index (κ1) is 15.5. The van der Waals surface area contributed by atoms with Crippen LogP contribution < -0.4 is 0 Å². The number of hydrogen-bond donors (Lipinski definition) is 0. The fraction of sp³-hybridized carbons (Fsp3) is 0.294. The van der Waals surface area contributed by atoms with Crippen LogP contribution in [0.5, 0.6) is 0 Å². The fourth-order valence-electron chi connectivity index (χ4n) is 3.09. The number of rotatable bonds is 3. The highest BCUT2D eigenvalue weighted by Gasteiger charge is 2.31. The summed E-state index contributed by atoms with van der Waals surface area (Å²) in [5, 5.41) is 7.73. The van der Waals surface area contributed by atoms with Crippen LogP contribution in [0.3, 0.4) is 0 Å². The van der Waals surface area contributed by atoms with Gasteiger partial charge in [-0.15, -0.1) is 5.10 Å². The molecule has 0 saturated carbocycles. The van der Waals surface area contributed by atoms with Crippen molar-refractivity contribution in [2.75, 3.05) is 19.8 Å². The number of ether oxygens (including phenoxy) is 1. The van der Waals surface area contributed by atoms with Gasteiger partial charge in [0.25, 0.3) is 5.91 Å². The molecular weight excluding hydrogens is 320 g/mol. The Morgan fingerprint density at radius 1 is 1.32 bits per heavy atom. The minimum absolute atomic E-state index is 0.0658. The first-order valence-corrected chi connectivity index (χ1v) is 8.06. The standard InChI is InChI=1S/C17H18N6O2/c1-21-5-2-3-15(21)16-12-25-8-7-22(16)17(24)13-9-14(11-18-10-13)23-6-4-19-20-23/h2-6,9-11,16H,7-8,12H2,1H3. The Morgan fingerprint density at radius 3 is 3.00 bits per heavy atom. The Labute approximate surface area is 144 Å². The average Bonchev–Trinajstić information content (AvgIpc) is 3.33. The molecule has 0 radical (unpaired) electrons. The number of carbonyl (C=O) groups is 1. The highest BCUT2D eigenvalue weighted by Crippen LogP contribution is 2.26. The summed E-state index contributed by atoms with van der Waals surface area (Å²) in [5.41, 5.74) is 2.27. The van der Waals surface area contributed by atoms with Crippen molar-refractivity contribution in [3.05, 3.63) is 60.4 Å². The summed E-state index contributed by atoms with van der Waals surface area (Å²) in [7, 11) is 1.97. The summed E-state index contributed by atoms with van der Waals surface area (Å²) in [6.45, 7) is 1.56. The lowest BCUT2D eigenvalue weighted by atomic mass is 10.1. The highest BCUT2D eigenvalue weighted by atomic mass is 16.5. The van der Waals surface area contributed by atoms with Crippen LogP contribution in [0.4, 0.5) is 0 Å². The van der Waals surface area contributed by atoms with Gasteiger partial charge in [-0.2, -0.15) is 0 Å². The molecule has 0 bridgehead atoms. The third-order valence-corrected chi connectivity index (χ3v) is 4.37. The lowest BCUT2D eigenvalue weighted by Crippen LogP contribution is -2.44. The molecule has 1 saturated heterocycles.